The molecule has 1 atom stereocenters. The molecule has 0 aliphatic carbocycles. The number of hydrogen-bond donors (Lipinski definition) is 0. The predicted molar refractivity (Wildman–Crippen MR) is 103 cm³/mol. The van der Waals surface area contributed by atoms with Crippen molar-refractivity contribution in [1.82, 2.24) is 24.5 Å². The number of rotatable bonds is 7. The molecule has 0 spiro atoms. The van der Waals surface area contributed by atoms with Crippen molar-refractivity contribution in [3.8, 4) is 5.69 Å². The number of nitrogens with zero attached hydrogens (tertiary/aromatic N) is 5. The zero-order valence-electron chi connectivity index (χ0n) is 16.3. The Hall–Kier alpha value is -2.25. The smallest absolute Gasteiger partial charge is 0.223 e. The van der Waals surface area contributed by atoms with E-state index in [2.05, 4.69) is 29.0 Å². The molecule has 0 N–H and O–H groups in total. The van der Waals surface area contributed by atoms with Crippen LogP contribution in [0.15, 0.2) is 36.7 Å². The van der Waals surface area contributed by atoms with Crippen molar-refractivity contribution >= 4 is 5.91 Å². The summed E-state index contributed by atoms with van der Waals surface area (Å²) in [6.45, 7) is 3.48. The van der Waals surface area contributed by atoms with Gasteiger partial charge in [-0.05, 0) is 51.3 Å². The molecule has 146 valence electrons. The van der Waals surface area contributed by atoms with E-state index in [9.17, 15) is 9.18 Å². The van der Waals surface area contributed by atoms with E-state index in [1.54, 1.807) is 27.9 Å². The molecule has 1 fully saturated rings. The van der Waals surface area contributed by atoms with Crippen LogP contribution >= 0.6 is 0 Å². The first-order valence-corrected chi connectivity index (χ1v) is 9.34. The summed E-state index contributed by atoms with van der Waals surface area (Å²) in [7, 11) is 6.06. The third-order valence-electron chi connectivity index (χ3n) is 5.24. The summed E-state index contributed by atoms with van der Waals surface area (Å²) >= 11 is 0. The minimum Gasteiger partial charge on any atom is -0.341 e. The number of benzene rings is 1. The van der Waals surface area contributed by atoms with Crippen LogP contribution in [-0.2, 0) is 11.3 Å². The topological polar surface area (TPSA) is 44.6 Å². The highest BCUT2D eigenvalue weighted by Gasteiger charge is 2.23. The predicted octanol–water partition coefficient (Wildman–Crippen LogP) is 2.00. The Bertz CT molecular complexity index is 760. The second-order valence-corrected chi connectivity index (χ2v) is 7.45. The van der Waals surface area contributed by atoms with E-state index in [-0.39, 0.29) is 11.7 Å². The van der Waals surface area contributed by atoms with Crippen molar-refractivity contribution in [2.45, 2.75) is 25.4 Å². The van der Waals surface area contributed by atoms with Crippen LogP contribution in [0.1, 0.15) is 18.4 Å². The van der Waals surface area contributed by atoms with Gasteiger partial charge in [0, 0.05) is 50.9 Å². The molecular weight excluding hydrogens is 345 g/mol. The quantitative estimate of drug-likeness (QED) is 0.745. The second-order valence-electron chi connectivity index (χ2n) is 7.45. The summed E-state index contributed by atoms with van der Waals surface area (Å²) in [6.07, 6.45) is 5.30. The highest BCUT2D eigenvalue weighted by molar-refractivity contribution is 5.76. The van der Waals surface area contributed by atoms with E-state index in [0.29, 0.717) is 19.0 Å². The van der Waals surface area contributed by atoms with Gasteiger partial charge in [0.15, 0.2) is 0 Å². The van der Waals surface area contributed by atoms with E-state index in [0.717, 1.165) is 30.9 Å². The maximum absolute atomic E-state index is 13.0. The fraction of sp³-hybridized carbons (Fsp3) is 0.500. The highest BCUT2D eigenvalue weighted by atomic mass is 19.1. The minimum absolute atomic E-state index is 0.128. The molecular formula is C20H28FN5O. The molecule has 0 unspecified atom stereocenters. The fourth-order valence-electron chi connectivity index (χ4n) is 3.46. The summed E-state index contributed by atoms with van der Waals surface area (Å²) < 4.78 is 14.7. The van der Waals surface area contributed by atoms with Crippen LogP contribution in [0, 0.1) is 5.82 Å². The normalized spacial score (nSPS) is 17.6. The van der Waals surface area contributed by atoms with Gasteiger partial charge >= 0.3 is 0 Å². The molecule has 1 amide bonds. The number of hydrogen-bond acceptors (Lipinski definition) is 4. The largest absolute Gasteiger partial charge is 0.341 e. The second kappa shape index (κ2) is 8.63. The number of carbonyl (C=O) groups excluding carboxylic acids is 1. The lowest BCUT2D eigenvalue weighted by atomic mass is 10.2. The Labute approximate surface area is 160 Å². The molecule has 1 aromatic carbocycles. The molecule has 1 aromatic heterocycles. The zero-order chi connectivity index (χ0) is 19.4. The summed E-state index contributed by atoms with van der Waals surface area (Å²) in [5.74, 6) is -0.145. The molecule has 1 aliphatic heterocycles. The first kappa shape index (κ1) is 19.5. The number of likely N-dealkylation sites (N-methyl/N-ethyl adjacent to an activating group) is 2. The van der Waals surface area contributed by atoms with Crippen molar-refractivity contribution in [2.24, 2.45) is 0 Å². The van der Waals surface area contributed by atoms with Gasteiger partial charge in [-0.2, -0.15) is 5.10 Å². The van der Waals surface area contributed by atoms with Crippen LogP contribution in [0.25, 0.3) is 5.69 Å². The lowest BCUT2D eigenvalue weighted by Crippen LogP contribution is -2.37. The van der Waals surface area contributed by atoms with Gasteiger partial charge in [-0.1, -0.05) is 0 Å². The van der Waals surface area contributed by atoms with Crippen molar-refractivity contribution in [2.75, 3.05) is 40.8 Å². The molecule has 3 rings (SSSR count). The van der Waals surface area contributed by atoms with Gasteiger partial charge in [0.1, 0.15) is 5.82 Å². The molecule has 0 radical (unpaired) electrons. The molecule has 7 heteroatoms. The molecule has 6 nitrogen and oxygen atoms in total. The Balaban J connectivity index is 1.49. The standard InChI is InChI=1S/C20H28FN5O/c1-23-10-8-19(15-23)24(2)11-9-20(27)25(3)13-16-12-22-26(14-16)18-6-4-17(21)5-7-18/h4-7,12,14,19H,8-11,13,15H2,1-3H3/t19-/m0/s1. The molecule has 1 aliphatic rings. The van der Waals surface area contributed by atoms with Crippen LogP contribution in [-0.4, -0.2) is 77.2 Å². The highest BCUT2D eigenvalue weighted by Crippen LogP contribution is 2.14. The average Bonchev–Trinajstić information content (AvgIpc) is 3.29. The summed E-state index contributed by atoms with van der Waals surface area (Å²) in [6, 6.07) is 6.71. The SMILES string of the molecule is CN1CC[C@H](N(C)CCC(=O)N(C)Cc2cnn(-c3ccc(F)cc3)c2)C1. The summed E-state index contributed by atoms with van der Waals surface area (Å²) in [5.41, 5.74) is 1.74. The van der Waals surface area contributed by atoms with Crippen molar-refractivity contribution in [3.05, 3.63) is 48.0 Å². The van der Waals surface area contributed by atoms with E-state index in [1.165, 1.54) is 18.6 Å². The van der Waals surface area contributed by atoms with Crippen molar-refractivity contribution in [3.63, 3.8) is 0 Å². The van der Waals surface area contributed by atoms with E-state index >= 15 is 0 Å². The van der Waals surface area contributed by atoms with E-state index in [4.69, 9.17) is 0 Å². The number of carbonyl (C=O) groups is 1. The first-order valence-electron chi connectivity index (χ1n) is 9.34. The molecule has 2 aromatic rings. The van der Waals surface area contributed by atoms with Crippen LogP contribution < -0.4 is 0 Å². The molecule has 27 heavy (non-hydrogen) atoms. The number of halogens is 1. The molecule has 1 saturated heterocycles. The molecule has 2 heterocycles. The lowest BCUT2D eigenvalue weighted by molar-refractivity contribution is -0.130. The monoisotopic (exact) mass is 373 g/mol. The zero-order valence-corrected chi connectivity index (χ0v) is 16.3. The third kappa shape index (κ3) is 5.14. The lowest BCUT2D eigenvalue weighted by Gasteiger charge is -2.25. The van der Waals surface area contributed by atoms with Gasteiger partial charge in [0.25, 0.3) is 0 Å². The number of amides is 1. The molecule has 0 bridgehead atoms. The van der Waals surface area contributed by atoms with Crippen LogP contribution in [0.4, 0.5) is 4.39 Å². The number of aromatic nitrogens is 2. The Morgan fingerprint density at radius 3 is 2.70 bits per heavy atom. The van der Waals surface area contributed by atoms with Gasteiger partial charge in [-0.25, -0.2) is 9.07 Å². The van der Waals surface area contributed by atoms with Gasteiger partial charge in [0.2, 0.25) is 5.91 Å². The fourth-order valence-corrected chi connectivity index (χ4v) is 3.46. The Morgan fingerprint density at radius 2 is 2.04 bits per heavy atom. The Kier molecular flexibility index (Phi) is 6.23. The van der Waals surface area contributed by atoms with E-state index < -0.39 is 0 Å². The third-order valence-corrected chi connectivity index (χ3v) is 5.24. The van der Waals surface area contributed by atoms with Crippen LogP contribution in [0.5, 0.6) is 0 Å². The van der Waals surface area contributed by atoms with Crippen LogP contribution in [0.3, 0.4) is 0 Å². The van der Waals surface area contributed by atoms with E-state index in [1.807, 2.05) is 13.2 Å². The molecule has 0 saturated carbocycles. The van der Waals surface area contributed by atoms with Gasteiger partial charge in [-0.15, -0.1) is 0 Å². The summed E-state index contributed by atoms with van der Waals surface area (Å²) in [5, 5.41) is 4.31. The number of likely N-dealkylation sites (tertiary alicyclic amines) is 1. The van der Waals surface area contributed by atoms with Gasteiger partial charge in [-0.3, -0.25) is 4.79 Å². The van der Waals surface area contributed by atoms with Gasteiger partial charge in [0.05, 0.1) is 11.9 Å². The minimum atomic E-state index is -0.273. The summed E-state index contributed by atoms with van der Waals surface area (Å²) in [4.78, 5) is 18.8. The van der Waals surface area contributed by atoms with Gasteiger partial charge < -0.3 is 14.7 Å². The maximum Gasteiger partial charge on any atom is 0.223 e. The maximum atomic E-state index is 13.0. The van der Waals surface area contributed by atoms with Crippen molar-refractivity contribution < 1.29 is 9.18 Å². The average molecular weight is 373 g/mol. The first-order chi connectivity index (χ1) is 12.9. The Morgan fingerprint density at radius 1 is 1.30 bits per heavy atom. The van der Waals surface area contributed by atoms with Crippen LogP contribution in [0.2, 0.25) is 0 Å². The van der Waals surface area contributed by atoms with Crippen molar-refractivity contribution in [1.29, 1.82) is 0 Å².